The first-order valence-corrected chi connectivity index (χ1v) is 7.91. The van der Waals surface area contributed by atoms with Gasteiger partial charge < -0.3 is 4.74 Å². The molecular weight excluding hydrogens is 286 g/mol. The Bertz CT molecular complexity index is 652. The quantitative estimate of drug-likeness (QED) is 0.749. The lowest BCUT2D eigenvalue weighted by atomic mass is 9.74. The number of esters is 1. The molecule has 0 amide bonds. The number of allylic oxidation sites excluding steroid dienone is 1. The summed E-state index contributed by atoms with van der Waals surface area (Å²) in [5.41, 5.74) is 1.01. The van der Waals surface area contributed by atoms with Gasteiger partial charge in [-0.2, -0.15) is 0 Å². The lowest BCUT2D eigenvalue weighted by molar-refractivity contribution is -0.151. The van der Waals surface area contributed by atoms with Crippen LogP contribution in [-0.2, 0) is 14.9 Å². The summed E-state index contributed by atoms with van der Waals surface area (Å²) in [6.45, 7) is 6.09. The molecule has 0 N–H and O–H groups in total. The third-order valence-corrected chi connectivity index (χ3v) is 4.18. The van der Waals surface area contributed by atoms with Crippen LogP contribution in [0.5, 0.6) is 0 Å². The standard InChI is InChI=1S/C20H23NO2/c1-4-23-19(22)20(3,18-12-8-9-15-21-18)16(2)13-14-17-10-6-5-7-11-17/h5-16H,4H2,1-3H3/b14-13+/t16-,20+/m1/s1. The molecule has 0 aliphatic rings. The van der Waals surface area contributed by atoms with E-state index >= 15 is 0 Å². The number of carbonyl (C=O) groups excluding carboxylic acids is 1. The van der Waals surface area contributed by atoms with Gasteiger partial charge in [0.2, 0.25) is 0 Å². The molecule has 1 heterocycles. The van der Waals surface area contributed by atoms with Crippen LogP contribution in [0.4, 0.5) is 0 Å². The van der Waals surface area contributed by atoms with E-state index in [9.17, 15) is 4.79 Å². The van der Waals surface area contributed by atoms with Crippen LogP contribution >= 0.6 is 0 Å². The predicted octanol–water partition coefficient (Wildman–Crippen LogP) is 4.25. The number of hydrogen-bond donors (Lipinski definition) is 0. The van der Waals surface area contributed by atoms with E-state index in [4.69, 9.17) is 4.74 Å². The molecule has 0 spiro atoms. The van der Waals surface area contributed by atoms with Crippen molar-refractivity contribution in [1.82, 2.24) is 4.98 Å². The minimum atomic E-state index is -0.817. The second kappa shape index (κ2) is 7.73. The van der Waals surface area contributed by atoms with Gasteiger partial charge in [-0.15, -0.1) is 0 Å². The second-order valence-electron chi connectivity index (χ2n) is 5.70. The molecule has 1 aromatic heterocycles. The van der Waals surface area contributed by atoms with Crippen molar-refractivity contribution in [2.24, 2.45) is 5.92 Å². The normalized spacial score (nSPS) is 15.1. The van der Waals surface area contributed by atoms with Gasteiger partial charge in [-0.1, -0.05) is 55.5 Å². The molecule has 2 rings (SSSR count). The Morgan fingerprint density at radius 3 is 2.52 bits per heavy atom. The number of hydrogen-bond acceptors (Lipinski definition) is 3. The zero-order valence-electron chi connectivity index (χ0n) is 13.9. The number of benzene rings is 1. The Morgan fingerprint density at radius 2 is 1.91 bits per heavy atom. The van der Waals surface area contributed by atoms with Crippen LogP contribution in [0.2, 0.25) is 0 Å². The summed E-state index contributed by atoms with van der Waals surface area (Å²) >= 11 is 0. The number of rotatable bonds is 6. The van der Waals surface area contributed by atoms with E-state index in [1.165, 1.54) is 0 Å². The molecule has 2 aromatic rings. The van der Waals surface area contributed by atoms with E-state index < -0.39 is 5.41 Å². The Balaban J connectivity index is 2.33. The summed E-state index contributed by atoms with van der Waals surface area (Å²) in [5.74, 6) is -0.305. The molecule has 0 aliphatic heterocycles. The highest BCUT2D eigenvalue weighted by Crippen LogP contribution is 2.33. The molecule has 0 saturated heterocycles. The van der Waals surface area contributed by atoms with Crippen molar-refractivity contribution in [2.75, 3.05) is 6.61 Å². The lowest BCUT2D eigenvalue weighted by Crippen LogP contribution is -2.40. The molecule has 0 radical (unpaired) electrons. The molecular formula is C20H23NO2. The number of carbonyl (C=O) groups is 1. The van der Waals surface area contributed by atoms with Crippen LogP contribution in [0.25, 0.3) is 6.08 Å². The van der Waals surface area contributed by atoms with E-state index in [0.29, 0.717) is 6.61 Å². The average molecular weight is 309 g/mol. The highest BCUT2D eigenvalue weighted by atomic mass is 16.5. The molecule has 3 heteroatoms. The maximum atomic E-state index is 12.6. The third-order valence-electron chi connectivity index (χ3n) is 4.18. The van der Waals surface area contributed by atoms with Crippen LogP contribution in [0, 0.1) is 5.92 Å². The third kappa shape index (κ3) is 3.86. The molecule has 0 fully saturated rings. The fourth-order valence-corrected chi connectivity index (χ4v) is 2.49. The Morgan fingerprint density at radius 1 is 1.22 bits per heavy atom. The minimum Gasteiger partial charge on any atom is -0.465 e. The average Bonchev–Trinajstić information content (AvgIpc) is 2.60. The molecule has 0 unspecified atom stereocenters. The molecule has 0 bridgehead atoms. The smallest absolute Gasteiger partial charge is 0.318 e. The SMILES string of the molecule is CCOC(=O)[C@](C)(c1ccccn1)[C@H](C)/C=C/c1ccccc1. The van der Waals surface area contributed by atoms with Gasteiger partial charge in [0.1, 0.15) is 5.41 Å². The number of nitrogens with zero attached hydrogens (tertiary/aromatic N) is 1. The van der Waals surface area contributed by atoms with Crippen LogP contribution in [0.15, 0.2) is 60.8 Å². The zero-order chi connectivity index (χ0) is 16.7. The summed E-state index contributed by atoms with van der Waals surface area (Å²) < 4.78 is 5.32. The Kier molecular flexibility index (Phi) is 5.69. The van der Waals surface area contributed by atoms with E-state index in [1.54, 1.807) is 6.20 Å². The number of aromatic nitrogens is 1. The lowest BCUT2D eigenvalue weighted by Gasteiger charge is -2.31. The van der Waals surface area contributed by atoms with Gasteiger partial charge in [-0.3, -0.25) is 9.78 Å². The van der Waals surface area contributed by atoms with Crippen LogP contribution < -0.4 is 0 Å². The second-order valence-corrected chi connectivity index (χ2v) is 5.70. The summed E-state index contributed by atoms with van der Waals surface area (Å²) in [7, 11) is 0. The summed E-state index contributed by atoms with van der Waals surface area (Å²) in [6, 6.07) is 15.7. The highest BCUT2D eigenvalue weighted by molar-refractivity contribution is 5.83. The van der Waals surface area contributed by atoms with E-state index in [1.807, 2.05) is 81.5 Å². The van der Waals surface area contributed by atoms with Gasteiger partial charge in [-0.05, 0) is 37.5 Å². The van der Waals surface area contributed by atoms with E-state index in [0.717, 1.165) is 11.3 Å². The van der Waals surface area contributed by atoms with Crippen LogP contribution in [0.1, 0.15) is 32.0 Å². The van der Waals surface area contributed by atoms with Crippen LogP contribution in [-0.4, -0.2) is 17.6 Å². The van der Waals surface area contributed by atoms with Crippen molar-refractivity contribution in [2.45, 2.75) is 26.2 Å². The highest BCUT2D eigenvalue weighted by Gasteiger charge is 2.42. The Labute approximate surface area is 138 Å². The van der Waals surface area contributed by atoms with Gasteiger partial charge in [0.05, 0.1) is 12.3 Å². The fraction of sp³-hybridized carbons (Fsp3) is 0.300. The monoisotopic (exact) mass is 309 g/mol. The fourth-order valence-electron chi connectivity index (χ4n) is 2.49. The largest absolute Gasteiger partial charge is 0.465 e. The predicted molar refractivity (Wildman–Crippen MR) is 92.9 cm³/mol. The molecule has 120 valence electrons. The van der Waals surface area contributed by atoms with Crippen LogP contribution in [0.3, 0.4) is 0 Å². The van der Waals surface area contributed by atoms with Gasteiger partial charge >= 0.3 is 5.97 Å². The molecule has 1 aromatic carbocycles. The van der Waals surface area contributed by atoms with Crippen molar-refractivity contribution in [3.8, 4) is 0 Å². The summed E-state index contributed by atoms with van der Waals surface area (Å²) in [4.78, 5) is 17.0. The molecule has 23 heavy (non-hydrogen) atoms. The summed E-state index contributed by atoms with van der Waals surface area (Å²) in [5, 5.41) is 0. The molecule has 2 atom stereocenters. The van der Waals surface area contributed by atoms with Crippen molar-refractivity contribution < 1.29 is 9.53 Å². The first-order valence-electron chi connectivity index (χ1n) is 7.91. The van der Waals surface area contributed by atoms with E-state index in [-0.39, 0.29) is 11.9 Å². The van der Waals surface area contributed by atoms with Crippen molar-refractivity contribution in [3.63, 3.8) is 0 Å². The van der Waals surface area contributed by atoms with Gasteiger partial charge in [0.25, 0.3) is 0 Å². The van der Waals surface area contributed by atoms with Crippen molar-refractivity contribution in [3.05, 3.63) is 72.1 Å². The molecule has 3 nitrogen and oxygen atoms in total. The van der Waals surface area contributed by atoms with Gasteiger partial charge in [-0.25, -0.2) is 0 Å². The first-order chi connectivity index (χ1) is 11.1. The van der Waals surface area contributed by atoms with Crippen molar-refractivity contribution in [1.29, 1.82) is 0 Å². The number of ether oxygens (including phenoxy) is 1. The maximum absolute atomic E-state index is 12.6. The van der Waals surface area contributed by atoms with Crippen molar-refractivity contribution >= 4 is 12.0 Å². The Hall–Kier alpha value is -2.42. The molecule has 0 saturated carbocycles. The number of pyridine rings is 1. The van der Waals surface area contributed by atoms with Gasteiger partial charge in [0.15, 0.2) is 0 Å². The molecule has 0 aliphatic carbocycles. The van der Waals surface area contributed by atoms with E-state index in [2.05, 4.69) is 4.98 Å². The first kappa shape index (κ1) is 16.9. The zero-order valence-corrected chi connectivity index (χ0v) is 13.9. The minimum absolute atomic E-state index is 0.0587. The summed E-state index contributed by atoms with van der Waals surface area (Å²) in [6.07, 6.45) is 5.78. The topological polar surface area (TPSA) is 39.2 Å². The van der Waals surface area contributed by atoms with Gasteiger partial charge in [0, 0.05) is 6.20 Å². The maximum Gasteiger partial charge on any atom is 0.318 e.